The highest BCUT2D eigenvalue weighted by Gasteiger charge is 2.10. The maximum absolute atomic E-state index is 12.4. The van der Waals surface area contributed by atoms with Crippen molar-refractivity contribution in [2.24, 2.45) is 0 Å². The minimum Gasteiger partial charge on any atom is -0.408 e. The van der Waals surface area contributed by atoms with Crippen LogP contribution in [-0.4, -0.2) is 23.9 Å². The molecule has 7 heteroatoms. The van der Waals surface area contributed by atoms with Gasteiger partial charge in [-0.05, 0) is 37.1 Å². The molecule has 134 valence electrons. The van der Waals surface area contributed by atoms with Gasteiger partial charge in [-0.25, -0.2) is 9.78 Å². The summed E-state index contributed by atoms with van der Waals surface area (Å²) in [5.41, 5.74) is 4.17. The second kappa shape index (κ2) is 6.92. The summed E-state index contributed by atoms with van der Waals surface area (Å²) in [6, 6.07) is 11.3. The molecule has 0 aliphatic heterocycles. The molecule has 1 aromatic carbocycles. The van der Waals surface area contributed by atoms with E-state index >= 15 is 0 Å². The Bertz CT molecular complexity index is 1160. The quantitative estimate of drug-likeness (QED) is 0.524. The molecule has 0 aliphatic rings. The summed E-state index contributed by atoms with van der Waals surface area (Å²) in [5.74, 6) is 0.564. The summed E-state index contributed by atoms with van der Waals surface area (Å²) >= 11 is 0. The Kier molecular flexibility index (Phi) is 4.46. The SMILES string of the molecule is Cc1cccn2cc(C[S@](=O)CCCn3c(=O)oc4ccccc43)nc12. The van der Waals surface area contributed by atoms with Crippen molar-refractivity contribution in [2.45, 2.75) is 25.6 Å². The van der Waals surface area contributed by atoms with Gasteiger partial charge in [-0.15, -0.1) is 0 Å². The fourth-order valence-corrected chi connectivity index (χ4v) is 4.18. The van der Waals surface area contributed by atoms with Gasteiger partial charge in [-0.2, -0.15) is 0 Å². The van der Waals surface area contributed by atoms with E-state index in [1.54, 1.807) is 10.6 Å². The van der Waals surface area contributed by atoms with Crippen LogP contribution in [0.25, 0.3) is 16.7 Å². The third-order valence-corrected chi connectivity index (χ3v) is 5.73. The van der Waals surface area contributed by atoms with Crippen LogP contribution in [0.4, 0.5) is 0 Å². The van der Waals surface area contributed by atoms with Crippen LogP contribution < -0.4 is 5.76 Å². The molecule has 0 unspecified atom stereocenters. The molecule has 0 spiro atoms. The number of pyridine rings is 1. The van der Waals surface area contributed by atoms with Gasteiger partial charge in [0, 0.05) is 35.5 Å². The molecule has 3 heterocycles. The van der Waals surface area contributed by atoms with E-state index in [9.17, 15) is 9.00 Å². The molecule has 0 amide bonds. The highest BCUT2D eigenvalue weighted by molar-refractivity contribution is 7.84. The molecule has 0 aliphatic carbocycles. The van der Waals surface area contributed by atoms with Gasteiger partial charge in [0.2, 0.25) is 0 Å². The van der Waals surface area contributed by atoms with Crippen molar-refractivity contribution in [1.82, 2.24) is 14.0 Å². The summed E-state index contributed by atoms with van der Waals surface area (Å²) < 4.78 is 21.2. The van der Waals surface area contributed by atoms with Crippen molar-refractivity contribution < 1.29 is 8.63 Å². The van der Waals surface area contributed by atoms with Crippen LogP contribution >= 0.6 is 0 Å². The topological polar surface area (TPSA) is 69.5 Å². The van der Waals surface area contributed by atoms with Crippen LogP contribution in [0.5, 0.6) is 0 Å². The van der Waals surface area contributed by atoms with E-state index in [0.29, 0.717) is 30.1 Å². The minimum absolute atomic E-state index is 0.368. The summed E-state index contributed by atoms with van der Waals surface area (Å²) in [6.07, 6.45) is 4.51. The number of benzene rings is 1. The Labute approximate surface area is 152 Å². The standard InChI is InChI=1S/C19H19N3O3S/c1-14-6-4-9-21-12-15(20-18(14)21)13-26(24)11-5-10-22-16-7-2-3-8-17(16)25-19(22)23/h2-4,6-9,12H,5,10-11,13H2,1H3/t26-/m1/s1. The van der Waals surface area contributed by atoms with E-state index < -0.39 is 10.8 Å². The van der Waals surface area contributed by atoms with Crippen molar-refractivity contribution in [3.63, 3.8) is 0 Å². The van der Waals surface area contributed by atoms with Crippen LogP contribution in [0.2, 0.25) is 0 Å². The number of aryl methyl sites for hydroxylation is 2. The predicted molar refractivity (Wildman–Crippen MR) is 102 cm³/mol. The highest BCUT2D eigenvalue weighted by Crippen LogP contribution is 2.13. The lowest BCUT2D eigenvalue weighted by Gasteiger charge is -2.02. The van der Waals surface area contributed by atoms with Crippen molar-refractivity contribution in [3.8, 4) is 0 Å². The van der Waals surface area contributed by atoms with Gasteiger partial charge in [0.05, 0.1) is 17.0 Å². The predicted octanol–water partition coefficient (Wildman–Crippen LogP) is 2.89. The second-order valence-corrected chi connectivity index (χ2v) is 7.86. The Balaban J connectivity index is 1.40. The summed E-state index contributed by atoms with van der Waals surface area (Å²) in [5, 5.41) is 0. The number of nitrogens with zero attached hydrogens (tertiary/aromatic N) is 3. The molecule has 3 aromatic heterocycles. The summed E-state index contributed by atoms with van der Waals surface area (Å²) in [6.45, 7) is 2.50. The maximum Gasteiger partial charge on any atom is 0.419 e. The molecule has 4 aromatic rings. The van der Waals surface area contributed by atoms with Gasteiger partial charge in [0.25, 0.3) is 0 Å². The van der Waals surface area contributed by atoms with Gasteiger partial charge in [0.15, 0.2) is 5.58 Å². The third-order valence-electron chi connectivity index (χ3n) is 4.36. The van der Waals surface area contributed by atoms with Gasteiger partial charge in [-0.1, -0.05) is 18.2 Å². The molecular weight excluding hydrogens is 350 g/mol. The monoisotopic (exact) mass is 369 g/mol. The van der Waals surface area contributed by atoms with Gasteiger partial charge in [0.1, 0.15) is 5.65 Å². The average Bonchev–Trinajstić information content (AvgIpc) is 3.16. The zero-order valence-electron chi connectivity index (χ0n) is 14.4. The molecule has 6 nitrogen and oxygen atoms in total. The number of aromatic nitrogens is 3. The number of para-hydroxylation sites is 2. The zero-order valence-corrected chi connectivity index (χ0v) is 15.2. The largest absolute Gasteiger partial charge is 0.419 e. The lowest BCUT2D eigenvalue weighted by atomic mass is 10.3. The second-order valence-electron chi connectivity index (χ2n) is 6.28. The van der Waals surface area contributed by atoms with Gasteiger partial charge < -0.3 is 8.82 Å². The molecule has 0 saturated heterocycles. The maximum atomic E-state index is 12.4. The zero-order chi connectivity index (χ0) is 18.1. The van der Waals surface area contributed by atoms with E-state index in [4.69, 9.17) is 4.42 Å². The van der Waals surface area contributed by atoms with Crippen LogP contribution in [0, 0.1) is 6.92 Å². The van der Waals surface area contributed by atoms with Crippen molar-refractivity contribution in [3.05, 3.63) is 70.6 Å². The lowest BCUT2D eigenvalue weighted by Crippen LogP contribution is -2.16. The van der Waals surface area contributed by atoms with E-state index in [-0.39, 0.29) is 5.76 Å². The van der Waals surface area contributed by atoms with Crippen molar-refractivity contribution in [1.29, 1.82) is 0 Å². The molecule has 0 radical (unpaired) electrons. The number of hydrogen-bond acceptors (Lipinski definition) is 4. The normalized spacial score (nSPS) is 12.8. The fraction of sp³-hybridized carbons (Fsp3) is 0.263. The minimum atomic E-state index is -1.03. The highest BCUT2D eigenvalue weighted by atomic mass is 32.2. The Morgan fingerprint density at radius 3 is 2.88 bits per heavy atom. The smallest absolute Gasteiger partial charge is 0.408 e. The first-order valence-electron chi connectivity index (χ1n) is 8.48. The molecule has 4 rings (SSSR count). The van der Waals surface area contributed by atoms with Crippen LogP contribution in [0.15, 0.2) is 58.0 Å². The number of oxazole rings is 1. The first kappa shape index (κ1) is 16.8. The Hall–Kier alpha value is -2.67. The van der Waals surface area contributed by atoms with E-state index in [1.807, 2.05) is 54.0 Å². The number of fused-ring (bicyclic) bond motifs is 2. The van der Waals surface area contributed by atoms with Gasteiger partial charge in [-0.3, -0.25) is 8.78 Å². The molecular formula is C19H19N3O3S. The average molecular weight is 369 g/mol. The fourth-order valence-electron chi connectivity index (χ4n) is 3.12. The molecule has 0 bridgehead atoms. The summed E-state index contributed by atoms with van der Waals surface area (Å²) in [7, 11) is -1.03. The van der Waals surface area contributed by atoms with E-state index in [1.165, 1.54) is 0 Å². The molecule has 26 heavy (non-hydrogen) atoms. The van der Waals surface area contributed by atoms with E-state index in [0.717, 1.165) is 22.4 Å². The van der Waals surface area contributed by atoms with Crippen LogP contribution in [-0.2, 0) is 23.1 Å². The first-order chi connectivity index (χ1) is 12.6. The van der Waals surface area contributed by atoms with Crippen LogP contribution in [0.3, 0.4) is 0 Å². The molecule has 0 N–H and O–H groups in total. The van der Waals surface area contributed by atoms with Crippen molar-refractivity contribution in [2.75, 3.05) is 5.75 Å². The number of hydrogen-bond donors (Lipinski definition) is 0. The Morgan fingerprint density at radius 2 is 2.04 bits per heavy atom. The van der Waals surface area contributed by atoms with Gasteiger partial charge >= 0.3 is 5.76 Å². The molecule has 0 fully saturated rings. The number of imidazole rings is 1. The molecule has 0 saturated carbocycles. The summed E-state index contributed by atoms with van der Waals surface area (Å²) in [4.78, 5) is 16.5. The Morgan fingerprint density at radius 1 is 1.19 bits per heavy atom. The van der Waals surface area contributed by atoms with E-state index in [2.05, 4.69) is 4.98 Å². The molecule has 1 atom stereocenters. The first-order valence-corrected chi connectivity index (χ1v) is 9.97. The third kappa shape index (κ3) is 3.22. The van der Waals surface area contributed by atoms with Crippen LogP contribution in [0.1, 0.15) is 17.7 Å². The number of rotatable bonds is 6. The lowest BCUT2D eigenvalue weighted by molar-refractivity contribution is 0.502. The van der Waals surface area contributed by atoms with Crippen molar-refractivity contribution >= 4 is 27.5 Å².